The van der Waals surface area contributed by atoms with Crippen LogP contribution in [0.1, 0.15) is 26.7 Å². The van der Waals surface area contributed by atoms with Gasteiger partial charge in [0, 0.05) is 12.0 Å². The number of anilines is 1. The molecule has 0 aromatic heterocycles. The van der Waals surface area contributed by atoms with Gasteiger partial charge in [0.25, 0.3) is 0 Å². The average Bonchev–Trinajstić information content (AvgIpc) is 2.42. The minimum Gasteiger partial charge on any atom is -0.317 e. The zero-order chi connectivity index (χ0) is 13.9. The third-order valence-electron chi connectivity index (χ3n) is 3.93. The summed E-state index contributed by atoms with van der Waals surface area (Å²) in [4.78, 5) is 14.3. The van der Waals surface area contributed by atoms with Gasteiger partial charge >= 0.3 is 0 Å². The van der Waals surface area contributed by atoms with Gasteiger partial charge in [-0.3, -0.25) is 4.79 Å². The van der Waals surface area contributed by atoms with Crippen LogP contribution in [0.15, 0.2) is 24.3 Å². The first kappa shape index (κ1) is 14.0. The van der Waals surface area contributed by atoms with Crippen molar-refractivity contribution in [2.75, 3.05) is 24.5 Å². The quantitative estimate of drug-likeness (QED) is 0.910. The number of nitrogens with zero attached hydrogens (tertiary/aromatic N) is 1. The third-order valence-corrected chi connectivity index (χ3v) is 3.93. The molecule has 1 N–H and O–H groups in total. The molecule has 1 fully saturated rings. The van der Waals surface area contributed by atoms with Crippen molar-refractivity contribution in [1.29, 1.82) is 0 Å². The molecule has 2 rings (SSSR count). The fourth-order valence-corrected chi connectivity index (χ4v) is 2.61. The molecule has 0 aliphatic carbocycles. The predicted octanol–water partition coefficient (Wildman–Crippen LogP) is 2.57. The van der Waals surface area contributed by atoms with Crippen molar-refractivity contribution in [2.24, 2.45) is 5.41 Å². The Morgan fingerprint density at radius 3 is 2.58 bits per heavy atom. The van der Waals surface area contributed by atoms with Crippen LogP contribution >= 0.6 is 0 Å². The van der Waals surface area contributed by atoms with Crippen LogP contribution in [0.4, 0.5) is 10.1 Å². The highest BCUT2D eigenvalue weighted by Crippen LogP contribution is 2.33. The summed E-state index contributed by atoms with van der Waals surface area (Å²) in [5.74, 6) is -0.308. The molecule has 1 heterocycles. The lowest BCUT2D eigenvalue weighted by atomic mass is 9.79. The van der Waals surface area contributed by atoms with Crippen LogP contribution in [0.5, 0.6) is 0 Å². The van der Waals surface area contributed by atoms with Crippen LogP contribution in [-0.4, -0.2) is 25.5 Å². The van der Waals surface area contributed by atoms with Crippen molar-refractivity contribution >= 4 is 11.6 Å². The molecule has 19 heavy (non-hydrogen) atoms. The molecule has 4 heteroatoms. The number of rotatable bonds is 3. The Labute approximate surface area is 113 Å². The van der Waals surface area contributed by atoms with Gasteiger partial charge in [-0.1, -0.05) is 19.1 Å². The standard InChI is InChI=1S/C15H21FN2O/c1-3-18(13-7-5-4-6-12(13)16)14(19)15(2)8-10-17-11-9-15/h4-7,17H,3,8-11H2,1-2H3. The minimum atomic E-state index is -0.385. The summed E-state index contributed by atoms with van der Waals surface area (Å²) in [7, 11) is 0. The lowest BCUT2D eigenvalue weighted by Crippen LogP contribution is -2.48. The maximum Gasteiger partial charge on any atom is 0.233 e. The van der Waals surface area contributed by atoms with Gasteiger partial charge in [0.2, 0.25) is 5.91 Å². The first-order valence-corrected chi connectivity index (χ1v) is 6.86. The van der Waals surface area contributed by atoms with E-state index in [4.69, 9.17) is 0 Å². The molecule has 1 aromatic rings. The number of amides is 1. The number of nitrogens with one attached hydrogen (secondary N) is 1. The smallest absolute Gasteiger partial charge is 0.233 e. The fraction of sp³-hybridized carbons (Fsp3) is 0.533. The highest BCUT2D eigenvalue weighted by atomic mass is 19.1. The molecule has 3 nitrogen and oxygen atoms in total. The van der Waals surface area contributed by atoms with E-state index in [1.54, 1.807) is 23.1 Å². The Hall–Kier alpha value is -1.42. The van der Waals surface area contributed by atoms with E-state index in [0.29, 0.717) is 12.2 Å². The Bertz CT molecular complexity index is 455. The molecule has 0 radical (unpaired) electrons. The second-order valence-corrected chi connectivity index (χ2v) is 5.31. The van der Waals surface area contributed by atoms with Crippen molar-refractivity contribution in [3.8, 4) is 0 Å². The zero-order valence-electron chi connectivity index (χ0n) is 11.6. The number of piperidine rings is 1. The summed E-state index contributed by atoms with van der Waals surface area (Å²) in [5, 5.41) is 3.26. The van der Waals surface area contributed by atoms with Crippen molar-refractivity contribution in [3.05, 3.63) is 30.1 Å². The third kappa shape index (κ3) is 2.78. The van der Waals surface area contributed by atoms with Crippen LogP contribution in [-0.2, 0) is 4.79 Å². The number of carbonyl (C=O) groups excluding carboxylic acids is 1. The first-order chi connectivity index (χ1) is 9.08. The van der Waals surface area contributed by atoms with Gasteiger partial charge in [0.1, 0.15) is 5.82 Å². The maximum absolute atomic E-state index is 13.9. The number of carbonyl (C=O) groups is 1. The molecule has 1 aliphatic rings. The summed E-state index contributed by atoms with van der Waals surface area (Å²) in [6, 6.07) is 6.47. The van der Waals surface area contributed by atoms with E-state index < -0.39 is 0 Å². The Kier molecular flexibility index (Phi) is 4.20. The van der Waals surface area contributed by atoms with Gasteiger partial charge in [0.15, 0.2) is 0 Å². The molecule has 0 spiro atoms. The first-order valence-electron chi connectivity index (χ1n) is 6.86. The topological polar surface area (TPSA) is 32.3 Å². The maximum atomic E-state index is 13.9. The van der Waals surface area contributed by atoms with E-state index in [-0.39, 0.29) is 17.1 Å². The molecule has 1 aromatic carbocycles. The largest absolute Gasteiger partial charge is 0.317 e. The van der Waals surface area contributed by atoms with Gasteiger partial charge in [-0.25, -0.2) is 4.39 Å². The lowest BCUT2D eigenvalue weighted by molar-refractivity contribution is -0.128. The summed E-state index contributed by atoms with van der Waals surface area (Å²) < 4.78 is 13.9. The molecular weight excluding hydrogens is 243 g/mol. The van der Waals surface area contributed by atoms with Gasteiger partial charge in [-0.2, -0.15) is 0 Å². The molecule has 0 atom stereocenters. The van der Waals surface area contributed by atoms with E-state index >= 15 is 0 Å². The molecule has 1 saturated heterocycles. The molecular formula is C15H21FN2O. The second kappa shape index (κ2) is 5.70. The SMILES string of the molecule is CCN(C(=O)C1(C)CCNCC1)c1ccccc1F. The van der Waals surface area contributed by atoms with Crippen molar-refractivity contribution < 1.29 is 9.18 Å². The van der Waals surface area contributed by atoms with E-state index in [1.807, 2.05) is 13.8 Å². The fourth-order valence-electron chi connectivity index (χ4n) is 2.61. The molecule has 0 unspecified atom stereocenters. The van der Waals surface area contributed by atoms with E-state index in [1.165, 1.54) is 6.07 Å². The summed E-state index contributed by atoms with van der Waals surface area (Å²) in [6.07, 6.45) is 1.60. The number of hydrogen-bond donors (Lipinski definition) is 1. The van der Waals surface area contributed by atoms with Gasteiger partial charge in [0.05, 0.1) is 5.69 Å². The number of para-hydroxylation sites is 1. The van der Waals surface area contributed by atoms with Gasteiger partial charge in [-0.15, -0.1) is 0 Å². The Morgan fingerprint density at radius 1 is 1.37 bits per heavy atom. The van der Waals surface area contributed by atoms with Gasteiger partial charge in [-0.05, 0) is 45.0 Å². The van der Waals surface area contributed by atoms with Crippen LogP contribution < -0.4 is 10.2 Å². The van der Waals surface area contributed by atoms with Crippen LogP contribution in [0, 0.1) is 11.2 Å². The molecule has 0 saturated carbocycles. The molecule has 1 aliphatic heterocycles. The van der Waals surface area contributed by atoms with Crippen LogP contribution in [0.25, 0.3) is 0 Å². The van der Waals surface area contributed by atoms with E-state index in [0.717, 1.165) is 25.9 Å². The minimum absolute atomic E-state index is 0.0293. The number of benzene rings is 1. The molecule has 104 valence electrons. The van der Waals surface area contributed by atoms with E-state index in [2.05, 4.69) is 5.32 Å². The van der Waals surface area contributed by atoms with Crippen molar-refractivity contribution in [1.82, 2.24) is 5.32 Å². The van der Waals surface area contributed by atoms with Crippen molar-refractivity contribution in [2.45, 2.75) is 26.7 Å². The summed E-state index contributed by atoms with van der Waals surface area (Å²) in [5.41, 5.74) is -0.00134. The Balaban J connectivity index is 2.27. The number of hydrogen-bond acceptors (Lipinski definition) is 2. The van der Waals surface area contributed by atoms with E-state index in [9.17, 15) is 9.18 Å². The molecule has 1 amide bonds. The van der Waals surface area contributed by atoms with Crippen LogP contribution in [0.2, 0.25) is 0 Å². The highest BCUT2D eigenvalue weighted by molar-refractivity contribution is 5.97. The Morgan fingerprint density at radius 2 is 2.00 bits per heavy atom. The van der Waals surface area contributed by atoms with Crippen molar-refractivity contribution in [3.63, 3.8) is 0 Å². The normalized spacial score (nSPS) is 18.1. The average molecular weight is 264 g/mol. The lowest BCUT2D eigenvalue weighted by Gasteiger charge is -2.37. The second-order valence-electron chi connectivity index (χ2n) is 5.31. The zero-order valence-corrected chi connectivity index (χ0v) is 11.6. The monoisotopic (exact) mass is 264 g/mol. The molecule has 0 bridgehead atoms. The summed E-state index contributed by atoms with van der Waals surface area (Å²) >= 11 is 0. The van der Waals surface area contributed by atoms with Crippen LogP contribution in [0.3, 0.4) is 0 Å². The summed E-state index contributed by atoms with van der Waals surface area (Å²) in [6.45, 7) is 6.05. The predicted molar refractivity (Wildman–Crippen MR) is 74.6 cm³/mol. The highest BCUT2D eigenvalue weighted by Gasteiger charge is 2.38. The van der Waals surface area contributed by atoms with Gasteiger partial charge < -0.3 is 10.2 Å². The number of halogens is 1.